The number of para-hydroxylation sites is 1. The fourth-order valence-corrected chi connectivity index (χ4v) is 3.28. The van der Waals surface area contributed by atoms with Crippen molar-refractivity contribution in [1.82, 2.24) is 25.9 Å². The van der Waals surface area contributed by atoms with Crippen LogP contribution in [-0.4, -0.2) is 33.8 Å². The molecule has 0 spiro atoms. The van der Waals surface area contributed by atoms with Crippen LogP contribution in [-0.2, 0) is 11.3 Å². The molecule has 1 aliphatic heterocycles. The maximum Gasteiger partial charge on any atom is 0.237 e. The van der Waals surface area contributed by atoms with Gasteiger partial charge in [-0.3, -0.25) is 15.6 Å². The first-order valence-electron chi connectivity index (χ1n) is 8.20. The van der Waals surface area contributed by atoms with Gasteiger partial charge in [-0.25, -0.2) is 4.68 Å². The van der Waals surface area contributed by atoms with Crippen LogP contribution in [0.3, 0.4) is 0 Å². The third-order valence-electron chi connectivity index (χ3n) is 4.61. The molecule has 2 aromatic rings. The predicted octanol–water partition coefficient (Wildman–Crippen LogP) is 0.317. The van der Waals surface area contributed by atoms with Crippen LogP contribution >= 0.6 is 0 Å². The number of hydrogen-bond acceptors (Lipinski definition) is 5. The van der Waals surface area contributed by atoms with Crippen LogP contribution in [0.15, 0.2) is 42.7 Å². The maximum atomic E-state index is 12.5. The van der Waals surface area contributed by atoms with Gasteiger partial charge in [0, 0.05) is 36.9 Å². The second kappa shape index (κ2) is 7.12. The minimum absolute atomic E-state index is 0.0476. The number of rotatable bonds is 5. The molecule has 7 nitrogen and oxygen atoms in total. The van der Waals surface area contributed by atoms with Gasteiger partial charge in [-0.2, -0.15) is 5.10 Å². The Morgan fingerprint density at radius 3 is 2.67 bits per heavy atom. The lowest BCUT2D eigenvalue weighted by molar-refractivity contribution is -0.123. The number of nitrogens with two attached hydrogens (primary N) is 1. The number of carbonyl (C=O) groups is 1. The van der Waals surface area contributed by atoms with Crippen LogP contribution in [0, 0.1) is 5.92 Å². The van der Waals surface area contributed by atoms with Gasteiger partial charge in [-0.15, -0.1) is 0 Å². The molecule has 3 rings (SSSR count). The fourth-order valence-electron chi connectivity index (χ4n) is 3.28. The van der Waals surface area contributed by atoms with Crippen LogP contribution < -0.4 is 21.9 Å². The van der Waals surface area contributed by atoms with E-state index in [0.29, 0.717) is 6.54 Å². The zero-order valence-corrected chi connectivity index (χ0v) is 13.9. The van der Waals surface area contributed by atoms with Crippen molar-refractivity contribution < 1.29 is 4.79 Å². The van der Waals surface area contributed by atoms with Crippen LogP contribution in [0.25, 0.3) is 5.69 Å². The monoisotopic (exact) mass is 328 g/mol. The molecule has 3 atom stereocenters. The molecule has 24 heavy (non-hydrogen) atoms. The number of hydrazine groups is 1. The molecular formula is C17H24N6O. The molecule has 2 heterocycles. The fraction of sp³-hybridized carbons (Fsp3) is 0.412. The zero-order chi connectivity index (χ0) is 17.1. The summed E-state index contributed by atoms with van der Waals surface area (Å²) >= 11 is 0. The second-order valence-corrected chi connectivity index (χ2v) is 6.27. The average Bonchev–Trinajstić information content (AvgIpc) is 3.22. The van der Waals surface area contributed by atoms with Crippen molar-refractivity contribution in [3.05, 3.63) is 48.3 Å². The Morgan fingerprint density at radius 1 is 1.29 bits per heavy atom. The highest BCUT2D eigenvalue weighted by Gasteiger charge is 2.37. The van der Waals surface area contributed by atoms with Gasteiger partial charge in [0.2, 0.25) is 5.91 Å². The Bertz CT molecular complexity index is 676. The largest absolute Gasteiger partial charge is 0.351 e. The normalized spacial score (nSPS) is 24.7. The van der Waals surface area contributed by atoms with Crippen LogP contribution in [0.5, 0.6) is 0 Å². The first-order valence-corrected chi connectivity index (χ1v) is 8.20. The van der Waals surface area contributed by atoms with E-state index in [2.05, 4.69) is 21.3 Å². The average molecular weight is 328 g/mol. The van der Waals surface area contributed by atoms with E-state index in [1.165, 1.54) is 0 Å². The summed E-state index contributed by atoms with van der Waals surface area (Å²) < 4.78 is 1.79. The molecule has 1 aliphatic rings. The molecule has 1 saturated heterocycles. The van der Waals surface area contributed by atoms with Crippen molar-refractivity contribution in [1.29, 1.82) is 0 Å². The second-order valence-electron chi connectivity index (χ2n) is 6.27. The Kier molecular flexibility index (Phi) is 4.94. The third-order valence-corrected chi connectivity index (χ3v) is 4.61. The van der Waals surface area contributed by atoms with Crippen molar-refractivity contribution in [2.75, 3.05) is 0 Å². The van der Waals surface area contributed by atoms with E-state index in [0.717, 1.165) is 11.3 Å². The molecular weight excluding hydrogens is 304 g/mol. The Labute approximate surface area is 141 Å². The molecule has 3 unspecified atom stereocenters. The topological polar surface area (TPSA) is 97.0 Å². The number of aromatic nitrogens is 2. The maximum absolute atomic E-state index is 12.5. The first kappa shape index (κ1) is 16.6. The molecule has 0 saturated carbocycles. The molecule has 0 radical (unpaired) electrons. The summed E-state index contributed by atoms with van der Waals surface area (Å²) in [6, 6.07) is 9.46. The number of amides is 1. The highest BCUT2D eigenvalue weighted by Crippen LogP contribution is 2.18. The van der Waals surface area contributed by atoms with Gasteiger partial charge in [0.25, 0.3) is 0 Å². The van der Waals surface area contributed by atoms with Gasteiger partial charge in [0.05, 0.1) is 11.7 Å². The number of nitrogens with one attached hydrogen (secondary N) is 3. The molecule has 7 heteroatoms. The molecule has 5 N–H and O–H groups in total. The lowest BCUT2D eigenvalue weighted by Crippen LogP contribution is -2.50. The van der Waals surface area contributed by atoms with Gasteiger partial charge in [-0.05, 0) is 31.5 Å². The van der Waals surface area contributed by atoms with E-state index < -0.39 is 6.04 Å². The van der Waals surface area contributed by atoms with Crippen molar-refractivity contribution >= 4 is 5.91 Å². The summed E-state index contributed by atoms with van der Waals surface area (Å²) in [6.07, 6.45) is 3.61. The van der Waals surface area contributed by atoms with Gasteiger partial charge >= 0.3 is 0 Å². The van der Waals surface area contributed by atoms with Gasteiger partial charge in [-0.1, -0.05) is 18.2 Å². The minimum Gasteiger partial charge on any atom is -0.351 e. The number of hydrogen-bond donors (Lipinski definition) is 4. The van der Waals surface area contributed by atoms with Crippen molar-refractivity contribution in [2.45, 2.75) is 38.5 Å². The molecule has 1 aromatic heterocycles. The Morgan fingerprint density at radius 2 is 2.00 bits per heavy atom. The molecule has 0 aliphatic carbocycles. The summed E-state index contributed by atoms with van der Waals surface area (Å²) in [5.74, 6) is -0.0918. The summed E-state index contributed by atoms with van der Waals surface area (Å²) in [4.78, 5) is 12.5. The van der Waals surface area contributed by atoms with E-state index in [1.807, 2.05) is 50.4 Å². The van der Waals surface area contributed by atoms with Crippen LogP contribution in [0.2, 0.25) is 0 Å². The smallest absolute Gasteiger partial charge is 0.237 e. The van der Waals surface area contributed by atoms with E-state index in [1.54, 1.807) is 10.9 Å². The Balaban J connectivity index is 1.67. The lowest BCUT2D eigenvalue weighted by atomic mass is 9.88. The van der Waals surface area contributed by atoms with Crippen LogP contribution in [0.1, 0.15) is 19.4 Å². The van der Waals surface area contributed by atoms with E-state index >= 15 is 0 Å². The van der Waals surface area contributed by atoms with Crippen molar-refractivity contribution in [3.8, 4) is 5.69 Å². The van der Waals surface area contributed by atoms with Gasteiger partial charge in [0.1, 0.15) is 0 Å². The van der Waals surface area contributed by atoms with E-state index in [4.69, 9.17) is 5.73 Å². The number of carbonyl (C=O) groups excluding carboxylic acids is 1. The number of benzene rings is 1. The minimum atomic E-state index is -0.561. The van der Waals surface area contributed by atoms with Gasteiger partial charge < -0.3 is 11.1 Å². The summed E-state index contributed by atoms with van der Waals surface area (Å²) in [5.41, 5.74) is 14.4. The predicted molar refractivity (Wildman–Crippen MR) is 92.1 cm³/mol. The molecule has 1 fully saturated rings. The Hall–Kier alpha value is -2.22. The lowest BCUT2D eigenvalue weighted by Gasteiger charge is -2.24. The van der Waals surface area contributed by atoms with Crippen molar-refractivity contribution in [3.63, 3.8) is 0 Å². The van der Waals surface area contributed by atoms with E-state index in [-0.39, 0.29) is 23.9 Å². The molecule has 1 amide bonds. The highest BCUT2D eigenvalue weighted by atomic mass is 16.2. The summed E-state index contributed by atoms with van der Waals surface area (Å²) in [7, 11) is 0. The third kappa shape index (κ3) is 3.33. The van der Waals surface area contributed by atoms with Crippen LogP contribution in [0.4, 0.5) is 0 Å². The van der Waals surface area contributed by atoms with E-state index in [9.17, 15) is 4.79 Å². The zero-order valence-electron chi connectivity index (χ0n) is 13.9. The number of nitrogens with zero attached hydrogens (tertiary/aromatic N) is 2. The summed E-state index contributed by atoms with van der Waals surface area (Å²) in [6.45, 7) is 4.47. The van der Waals surface area contributed by atoms with Gasteiger partial charge in [0.15, 0.2) is 0 Å². The SMILES string of the molecule is CC1NNC(C)C1C(N)C(=O)NCc1ccccc1-n1cccn1. The van der Waals surface area contributed by atoms with Crippen molar-refractivity contribution in [2.24, 2.45) is 11.7 Å². The quantitative estimate of drug-likeness (QED) is 0.634. The molecule has 0 bridgehead atoms. The highest BCUT2D eigenvalue weighted by molar-refractivity contribution is 5.82. The first-order chi connectivity index (χ1) is 11.6. The standard InChI is InChI=1S/C17H24N6O/c1-11-15(12(2)22-21-11)16(18)17(24)19-10-13-6-3-4-7-14(13)23-9-5-8-20-23/h3-9,11-12,15-16,21-22H,10,18H2,1-2H3,(H,19,24). The molecule has 1 aromatic carbocycles. The summed E-state index contributed by atoms with van der Waals surface area (Å²) in [5, 5.41) is 7.21. The molecule has 128 valence electrons.